The summed E-state index contributed by atoms with van der Waals surface area (Å²) in [5.74, 6) is 0.589. The first-order chi connectivity index (χ1) is 10.6. The Labute approximate surface area is 133 Å². The number of carbonyl (C=O) groups excluding carboxylic acids is 1. The second-order valence-corrected chi connectivity index (χ2v) is 6.03. The lowest BCUT2D eigenvalue weighted by Crippen LogP contribution is -2.28. The van der Waals surface area contributed by atoms with Crippen LogP contribution in [0.25, 0.3) is 5.69 Å². The minimum Gasteiger partial charge on any atom is -0.395 e. The van der Waals surface area contributed by atoms with E-state index in [-0.39, 0.29) is 24.8 Å². The molecule has 2 aromatic rings. The molecular weight excluding hydrogens is 300 g/mol. The Morgan fingerprint density at radius 3 is 2.73 bits per heavy atom. The summed E-state index contributed by atoms with van der Waals surface area (Å²) in [5.41, 5.74) is 2.24. The number of aliphatic hydroxyl groups is 1. The molecule has 0 radical (unpaired) electrons. The molecule has 0 saturated heterocycles. The highest BCUT2D eigenvalue weighted by Gasteiger charge is 2.10. The van der Waals surface area contributed by atoms with E-state index < -0.39 is 0 Å². The largest absolute Gasteiger partial charge is 0.395 e. The number of benzene rings is 1. The number of hydrogen-bond acceptors (Lipinski definition) is 5. The molecule has 22 heavy (non-hydrogen) atoms. The Morgan fingerprint density at radius 2 is 2.09 bits per heavy atom. The highest BCUT2D eigenvalue weighted by molar-refractivity contribution is 7.99. The summed E-state index contributed by atoms with van der Waals surface area (Å²) in [6, 6.07) is 8.22. The van der Waals surface area contributed by atoms with Crippen LogP contribution in [0.4, 0.5) is 0 Å². The van der Waals surface area contributed by atoms with Crippen molar-refractivity contribution in [2.75, 3.05) is 18.9 Å². The fraction of sp³-hybridized carbons (Fsp3) is 0.400. The summed E-state index contributed by atoms with van der Waals surface area (Å²) >= 11 is 1.31. The van der Waals surface area contributed by atoms with Crippen molar-refractivity contribution in [3.8, 4) is 5.69 Å². The van der Waals surface area contributed by atoms with Crippen molar-refractivity contribution in [3.63, 3.8) is 0 Å². The summed E-state index contributed by atoms with van der Waals surface area (Å²) < 4.78 is 1.86. The topological polar surface area (TPSA) is 80.0 Å². The van der Waals surface area contributed by atoms with Gasteiger partial charge in [-0.05, 0) is 23.6 Å². The standard InChI is InChI=1S/C15H20N4O2S/c1-11(2)12-3-5-13(6-4-12)19-10-17-18-15(19)22-9-14(21)16-7-8-20/h3-6,10-11,20H,7-9H2,1-2H3,(H,16,21). The second kappa shape index (κ2) is 7.95. The molecule has 1 amide bonds. The first-order valence-electron chi connectivity index (χ1n) is 7.12. The minimum absolute atomic E-state index is 0.0607. The number of amides is 1. The van der Waals surface area contributed by atoms with Crippen LogP contribution in [0.5, 0.6) is 0 Å². The molecule has 0 bridgehead atoms. The fourth-order valence-corrected chi connectivity index (χ4v) is 2.65. The highest BCUT2D eigenvalue weighted by Crippen LogP contribution is 2.21. The number of nitrogens with one attached hydrogen (secondary N) is 1. The fourth-order valence-electron chi connectivity index (χ4n) is 1.90. The normalized spacial score (nSPS) is 10.9. The van der Waals surface area contributed by atoms with Crippen molar-refractivity contribution in [2.24, 2.45) is 0 Å². The van der Waals surface area contributed by atoms with E-state index in [0.717, 1.165) is 5.69 Å². The smallest absolute Gasteiger partial charge is 0.230 e. The van der Waals surface area contributed by atoms with E-state index in [0.29, 0.717) is 11.1 Å². The van der Waals surface area contributed by atoms with Crippen molar-refractivity contribution in [2.45, 2.75) is 24.9 Å². The molecule has 0 aliphatic carbocycles. The third kappa shape index (κ3) is 4.32. The van der Waals surface area contributed by atoms with E-state index in [1.807, 2.05) is 16.7 Å². The Kier molecular flexibility index (Phi) is 5.97. The van der Waals surface area contributed by atoms with Crippen molar-refractivity contribution >= 4 is 17.7 Å². The molecule has 2 N–H and O–H groups in total. The Morgan fingerprint density at radius 1 is 1.36 bits per heavy atom. The molecule has 1 heterocycles. The molecule has 0 aliphatic rings. The lowest BCUT2D eigenvalue weighted by atomic mass is 10.0. The van der Waals surface area contributed by atoms with Gasteiger partial charge in [0.05, 0.1) is 12.4 Å². The Hall–Kier alpha value is -1.86. The zero-order valence-electron chi connectivity index (χ0n) is 12.7. The minimum atomic E-state index is -0.135. The monoisotopic (exact) mass is 320 g/mol. The van der Waals surface area contributed by atoms with Crippen LogP contribution in [0.2, 0.25) is 0 Å². The Balaban J connectivity index is 2.04. The average molecular weight is 320 g/mol. The predicted molar refractivity (Wildman–Crippen MR) is 86.3 cm³/mol. The molecular formula is C15H20N4O2S. The van der Waals surface area contributed by atoms with Crippen molar-refractivity contribution in [1.29, 1.82) is 0 Å². The maximum absolute atomic E-state index is 11.6. The molecule has 0 aliphatic heterocycles. The molecule has 1 aromatic heterocycles. The van der Waals surface area contributed by atoms with Gasteiger partial charge >= 0.3 is 0 Å². The van der Waals surface area contributed by atoms with Crippen molar-refractivity contribution in [1.82, 2.24) is 20.1 Å². The lowest BCUT2D eigenvalue weighted by molar-refractivity contribution is -0.118. The van der Waals surface area contributed by atoms with E-state index >= 15 is 0 Å². The lowest BCUT2D eigenvalue weighted by Gasteiger charge is -2.09. The molecule has 2 rings (SSSR count). The maximum atomic E-state index is 11.6. The van der Waals surface area contributed by atoms with Crippen LogP contribution in [-0.2, 0) is 4.79 Å². The SMILES string of the molecule is CC(C)c1ccc(-n2cnnc2SCC(=O)NCCO)cc1. The van der Waals surface area contributed by atoms with Crippen LogP contribution in [-0.4, -0.2) is 44.7 Å². The Bertz CT molecular complexity index is 610. The van der Waals surface area contributed by atoms with E-state index in [4.69, 9.17) is 5.11 Å². The van der Waals surface area contributed by atoms with Gasteiger partial charge in [-0.1, -0.05) is 37.7 Å². The van der Waals surface area contributed by atoms with Gasteiger partial charge < -0.3 is 10.4 Å². The summed E-state index contributed by atoms with van der Waals surface area (Å²) in [4.78, 5) is 11.6. The number of thioether (sulfide) groups is 1. The van der Waals surface area contributed by atoms with Crippen LogP contribution in [0.1, 0.15) is 25.3 Å². The molecule has 7 heteroatoms. The molecule has 0 unspecified atom stereocenters. The molecule has 0 saturated carbocycles. The molecule has 0 spiro atoms. The van der Waals surface area contributed by atoms with Crippen molar-refractivity contribution < 1.29 is 9.90 Å². The van der Waals surface area contributed by atoms with Gasteiger partial charge in [0.2, 0.25) is 5.91 Å². The number of carbonyl (C=O) groups is 1. The van der Waals surface area contributed by atoms with E-state index in [1.165, 1.54) is 17.3 Å². The first kappa shape index (κ1) is 16.5. The van der Waals surface area contributed by atoms with Gasteiger partial charge in [0.15, 0.2) is 5.16 Å². The van der Waals surface area contributed by atoms with Gasteiger partial charge in [-0.3, -0.25) is 9.36 Å². The average Bonchev–Trinajstić information content (AvgIpc) is 2.99. The number of rotatable bonds is 7. The van der Waals surface area contributed by atoms with Gasteiger partial charge in [-0.25, -0.2) is 0 Å². The van der Waals surface area contributed by atoms with Crippen LogP contribution in [0.3, 0.4) is 0 Å². The third-order valence-corrected chi connectivity index (χ3v) is 4.06. The molecule has 118 valence electrons. The number of nitrogens with zero attached hydrogens (tertiary/aromatic N) is 3. The molecule has 0 atom stereocenters. The van der Waals surface area contributed by atoms with E-state index in [2.05, 4.69) is 41.5 Å². The summed E-state index contributed by atoms with van der Waals surface area (Å²) in [6.07, 6.45) is 1.64. The zero-order valence-corrected chi connectivity index (χ0v) is 13.5. The molecule has 6 nitrogen and oxygen atoms in total. The van der Waals surface area contributed by atoms with Crippen LogP contribution in [0.15, 0.2) is 35.7 Å². The zero-order chi connectivity index (χ0) is 15.9. The van der Waals surface area contributed by atoms with Crippen LogP contribution < -0.4 is 5.32 Å². The number of aromatic nitrogens is 3. The predicted octanol–water partition coefficient (Wildman–Crippen LogP) is 1.59. The van der Waals surface area contributed by atoms with Crippen molar-refractivity contribution in [3.05, 3.63) is 36.2 Å². The number of aliphatic hydroxyl groups excluding tert-OH is 1. The van der Waals surface area contributed by atoms with E-state index in [9.17, 15) is 4.79 Å². The van der Waals surface area contributed by atoms with Gasteiger partial charge in [0.1, 0.15) is 6.33 Å². The van der Waals surface area contributed by atoms with Gasteiger partial charge in [0.25, 0.3) is 0 Å². The van der Waals surface area contributed by atoms with E-state index in [1.54, 1.807) is 6.33 Å². The first-order valence-corrected chi connectivity index (χ1v) is 8.11. The van der Waals surface area contributed by atoms with Crippen LogP contribution in [0, 0.1) is 0 Å². The summed E-state index contributed by atoms with van der Waals surface area (Å²) in [5, 5.41) is 19.9. The number of hydrogen-bond donors (Lipinski definition) is 2. The third-order valence-electron chi connectivity index (χ3n) is 3.12. The molecule has 0 fully saturated rings. The summed E-state index contributed by atoms with van der Waals surface area (Å²) in [7, 11) is 0. The van der Waals surface area contributed by atoms with Crippen LogP contribution >= 0.6 is 11.8 Å². The van der Waals surface area contributed by atoms with Gasteiger partial charge in [0, 0.05) is 12.2 Å². The summed E-state index contributed by atoms with van der Waals surface area (Å²) in [6.45, 7) is 4.51. The highest BCUT2D eigenvalue weighted by atomic mass is 32.2. The second-order valence-electron chi connectivity index (χ2n) is 5.09. The van der Waals surface area contributed by atoms with Gasteiger partial charge in [-0.2, -0.15) is 0 Å². The maximum Gasteiger partial charge on any atom is 0.230 e. The molecule has 1 aromatic carbocycles. The quantitative estimate of drug-likeness (QED) is 0.757. The van der Waals surface area contributed by atoms with Gasteiger partial charge in [-0.15, -0.1) is 10.2 Å².